The van der Waals surface area contributed by atoms with Gasteiger partial charge in [-0.15, -0.1) is 0 Å². The van der Waals surface area contributed by atoms with Gasteiger partial charge < -0.3 is 20.6 Å². The molecule has 0 bridgehead atoms. The first-order chi connectivity index (χ1) is 21.1. The maximum atomic E-state index is 12.3. The van der Waals surface area contributed by atoms with E-state index >= 15 is 0 Å². The molecular weight excluding hydrogens is 534 g/mol. The fraction of sp³-hybridized carbons (Fsp3) is 0.816. The maximum absolute atomic E-state index is 12.3. The highest BCUT2D eigenvalue weighted by Gasteiger charge is 2.26. The lowest BCUT2D eigenvalue weighted by Gasteiger charge is -2.26. The third-order valence-electron chi connectivity index (χ3n) is 8.23. The molecule has 4 N–H and O–H groups in total. The first-order valence-electron chi connectivity index (χ1n) is 18.3. The van der Waals surface area contributed by atoms with Gasteiger partial charge in [0.1, 0.15) is 6.10 Å². The second kappa shape index (κ2) is 33.5. The summed E-state index contributed by atoms with van der Waals surface area (Å²) in [6, 6.07) is -0.854. The fourth-order valence-electron chi connectivity index (χ4n) is 5.33. The molecule has 0 aliphatic carbocycles. The van der Waals surface area contributed by atoms with Gasteiger partial charge in [-0.1, -0.05) is 147 Å². The van der Waals surface area contributed by atoms with Gasteiger partial charge in [-0.3, -0.25) is 4.79 Å². The molecule has 0 heterocycles. The number of aliphatic hydroxyl groups is 3. The van der Waals surface area contributed by atoms with Gasteiger partial charge in [0.2, 0.25) is 5.91 Å². The Morgan fingerprint density at radius 1 is 0.581 bits per heavy atom. The van der Waals surface area contributed by atoms with Crippen molar-refractivity contribution in [3.63, 3.8) is 0 Å². The molecule has 252 valence electrons. The molecular formula is C38H71NO4. The number of unbranched alkanes of at least 4 members (excludes halogenated alkanes) is 18. The Hall–Kier alpha value is -1.43. The van der Waals surface area contributed by atoms with E-state index in [1.54, 1.807) is 0 Å². The molecule has 0 aromatic heterocycles. The lowest BCUT2D eigenvalue weighted by Crippen LogP contribution is -2.50. The van der Waals surface area contributed by atoms with Crippen LogP contribution in [0.4, 0.5) is 0 Å². The van der Waals surface area contributed by atoms with Gasteiger partial charge in [-0.25, -0.2) is 0 Å². The quantitative estimate of drug-likeness (QED) is 0.0454. The van der Waals surface area contributed by atoms with E-state index in [0.29, 0.717) is 19.3 Å². The average molecular weight is 606 g/mol. The van der Waals surface area contributed by atoms with Crippen LogP contribution in [0.5, 0.6) is 0 Å². The Morgan fingerprint density at radius 2 is 1.00 bits per heavy atom. The fourth-order valence-corrected chi connectivity index (χ4v) is 5.33. The summed E-state index contributed by atoms with van der Waals surface area (Å²) in [6.45, 7) is 4.11. The van der Waals surface area contributed by atoms with Crippen LogP contribution in [-0.4, -0.2) is 46.1 Å². The Bertz CT molecular complexity index is 675. The van der Waals surface area contributed by atoms with Gasteiger partial charge >= 0.3 is 0 Å². The van der Waals surface area contributed by atoms with Gasteiger partial charge in [-0.2, -0.15) is 0 Å². The lowest BCUT2D eigenvalue weighted by molar-refractivity contribution is -0.124. The smallest absolute Gasteiger partial charge is 0.220 e. The molecule has 0 spiro atoms. The van der Waals surface area contributed by atoms with Crippen LogP contribution < -0.4 is 5.32 Å². The molecule has 43 heavy (non-hydrogen) atoms. The lowest BCUT2D eigenvalue weighted by atomic mass is 10.0. The van der Waals surface area contributed by atoms with E-state index < -0.39 is 24.9 Å². The minimum atomic E-state index is -1.18. The molecule has 0 rings (SSSR count). The Morgan fingerprint density at radius 3 is 1.49 bits per heavy atom. The predicted octanol–water partition coefficient (Wildman–Crippen LogP) is 9.65. The van der Waals surface area contributed by atoms with Crippen LogP contribution in [0, 0.1) is 0 Å². The third kappa shape index (κ3) is 29.1. The van der Waals surface area contributed by atoms with Crippen molar-refractivity contribution in [2.75, 3.05) is 6.61 Å². The number of hydrogen-bond acceptors (Lipinski definition) is 4. The second-order valence-electron chi connectivity index (χ2n) is 12.4. The highest BCUT2D eigenvalue weighted by Crippen LogP contribution is 2.13. The highest BCUT2D eigenvalue weighted by molar-refractivity contribution is 5.76. The van der Waals surface area contributed by atoms with Crippen molar-refractivity contribution in [1.82, 2.24) is 5.32 Å². The van der Waals surface area contributed by atoms with E-state index in [1.165, 1.54) is 109 Å². The number of amides is 1. The summed E-state index contributed by atoms with van der Waals surface area (Å²) < 4.78 is 0. The standard InChI is InChI=1S/C38H71NO4/c1-3-5-7-9-11-13-15-17-18-19-21-22-24-26-28-30-32-36(41)38(43)35(34-40)39-37(42)33-31-29-27-25-23-20-16-14-12-10-8-6-4-2/h20,23-24,26-27,29,35-36,38,40-41,43H,3-19,21-22,25,28,30-34H2,1-2H3,(H,39,42)/b23-20-,26-24+,29-27-. The first kappa shape index (κ1) is 41.6. The molecule has 0 aliphatic rings. The maximum Gasteiger partial charge on any atom is 0.220 e. The summed E-state index contributed by atoms with van der Waals surface area (Å²) in [6.07, 6.45) is 39.6. The van der Waals surface area contributed by atoms with Crippen LogP contribution in [0.3, 0.4) is 0 Å². The number of nitrogens with one attached hydrogen (secondary N) is 1. The third-order valence-corrected chi connectivity index (χ3v) is 8.23. The Balaban J connectivity index is 3.82. The van der Waals surface area contributed by atoms with E-state index in [-0.39, 0.29) is 5.91 Å². The molecule has 3 unspecified atom stereocenters. The average Bonchev–Trinajstić information content (AvgIpc) is 3.01. The van der Waals surface area contributed by atoms with Gasteiger partial charge in [-0.05, 0) is 57.8 Å². The van der Waals surface area contributed by atoms with Crippen molar-refractivity contribution in [3.05, 3.63) is 36.5 Å². The van der Waals surface area contributed by atoms with Gasteiger partial charge in [0.05, 0.1) is 18.8 Å². The van der Waals surface area contributed by atoms with E-state index in [0.717, 1.165) is 32.1 Å². The van der Waals surface area contributed by atoms with Crippen LogP contribution in [0.15, 0.2) is 36.5 Å². The number of aliphatic hydroxyl groups excluding tert-OH is 3. The number of rotatable bonds is 32. The van der Waals surface area contributed by atoms with Crippen molar-refractivity contribution in [1.29, 1.82) is 0 Å². The van der Waals surface area contributed by atoms with Crippen molar-refractivity contribution in [2.24, 2.45) is 0 Å². The molecule has 0 radical (unpaired) electrons. The number of carbonyl (C=O) groups excluding carboxylic acids is 1. The number of hydrogen-bond donors (Lipinski definition) is 4. The Kier molecular flexibility index (Phi) is 32.3. The second-order valence-corrected chi connectivity index (χ2v) is 12.4. The Labute approximate surface area is 266 Å². The summed E-state index contributed by atoms with van der Waals surface area (Å²) in [5, 5.41) is 33.2. The zero-order valence-corrected chi connectivity index (χ0v) is 28.3. The molecule has 5 nitrogen and oxygen atoms in total. The number of carbonyl (C=O) groups is 1. The molecule has 0 saturated heterocycles. The van der Waals surface area contributed by atoms with Crippen molar-refractivity contribution in [2.45, 2.75) is 193 Å². The van der Waals surface area contributed by atoms with Gasteiger partial charge in [0.15, 0.2) is 0 Å². The summed E-state index contributed by atoms with van der Waals surface area (Å²) in [5.74, 6) is -0.223. The minimum Gasteiger partial charge on any atom is -0.394 e. The SMILES string of the molecule is CCCCCCCC/C=C\C/C=C\CCC(=O)NC(CO)C(O)C(O)CCC/C=C/CCCCCCCCCCCCC. The van der Waals surface area contributed by atoms with E-state index in [1.807, 2.05) is 6.08 Å². The van der Waals surface area contributed by atoms with Gasteiger partial charge in [0, 0.05) is 6.42 Å². The van der Waals surface area contributed by atoms with Crippen LogP contribution in [-0.2, 0) is 4.79 Å². The topological polar surface area (TPSA) is 89.8 Å². The minimum absolute atomic E-state index is 0.223. The van der Waals surface area contributed by atoms with Crippen LogP contribution in [0.2, 0.25) is 0 Å². The summed E-state index contributed by atoms with van der Waals surface area (Å²) >= 11 is 0. The van der Waals surface area contributed by atoms with Crippen LogP contribution in [0.25, 0.3) is 0 Å². The van der Waals surface area contributed by atoms with E-state index in [2.05, 4.69) is 49.5 Å². The zero-order chi connectivity index (χ0) is 31.6. The van der Waals surface area contributed by atoms with E-state index in [4.69, 9.17) is 0 Å². The molecule has 3 atom stereocenters. The molecule has 0 aliphatic heterocycles. The molecule has 1 amide bonds. The summed E-state index contributed by atoms with van der Waals surface area (Å²) in [4.78, 5) is 12.3. The van der Waals surface area contributed by atoms with Crippen molar-refractivity contribution < 1.29 is 20.1 Å². The first-order valence-corrected chi connectivity index (χ1v) is 18.3. The van der Waals surface area contributed by atoms with Crippen molar-refractivity contribution >= 4 is 5.91 Å². The number of allylic oxidation sites excluding steroid dienone is 6. The normalized spacial score (nSPS) is 14.3. The summed E-state index contributed by atoms with van der Waals surface area (Å²) in [5.41, 5.74) is 0. The molecule has 0 fully saturated rings. The summed E-state index contributed by atoms with van der Waals surface area (Å²) in [7, 11) is 0. The van der Waals surface area contributed by atoms with Crippen LogP contribution in [0.1, 0.15) is 174 Å². The van der Waals surface area contributed by atoms with Gasteiger partial charge in [0.25, 0.3) is 0 Å². The van der Waals surface area contributed by atoms with Crippen molar-refractivity contribution in [3.8, 4) is 0 Å². The highest BCUT2D eigenvalue weighted by atomic mass is 16.3. The zero-order valence-electron chi connectivity index (χ0n) is 28.3. The van der Waals surface area contributed by atoms with E-state index in [9.17, 15) is 20.1 Å². The molecule has 0 aromatic rings. The largest absolute Gasteiger partial charge is 0.394 e. The monoisotopic (exact) mass is 606 g/mol. The molecule has 0 aromatic carbocycles. The molecule has 0 saturated carbocycles. The molecule has 5 heteroatoms. The predicted molar refractivity (Wildman–Crippen MR) is 185 cm³/mol. The van der Waals surface area contributed by atoms with Crippen LogP contribution >= 0.6 is 0 Å².